The summed E-state index contributed by atoms with van der Waals surface area (Å²) in [6, 6.07) is 9.00. The van der Waals surface area contributed by atoms with Crippen LogP contribution in [0, 0.1) is 11.7 Å². The number of piperidine rings is 1. The van der Waals surface area contributed by atoms with Crippen molar-refractivity contribution < 1.29 is 22.3 Å². The van der Waals surface area contributed by atoms with Gasteiger partial charge in [0, 0.05) is 17.6 Å². The zero-order chi connectivity index (χ0) is 21.3. The molecule has 2 N–H and O–H groups in total. The molecule has 1 saturated heterocycles. The molecule has 0 spiro atoms. The number of hydrogen-bond donors (Lipinski definition) is 1. The van der Waals surface area contributed by atoms with Crippen molar-refractivity contribution in [3.63, 3.8) is 0 Å². The molecule has 0 bridgehead atoms. The first-order chi connectivity index (χ1) is 14.3. The number of rotatable bonds is 5. The molecule has 2 aliphatic rings. The summed E-state index contributed by atoms with van der Waals surface area (Å²) >= 11 is 6.03. The number of nitrogens with two attached hydrogens (primary N) is 1. The third-order valence-electron chi connectivity index (χ3n) is 5.63. The quantitative estimate of drug-likeness (QED) is 0.750. The highest BCUT2D eigenvalue weighted by Crippen LogP contribution is 2.34. The van der Waals surface area contributed by atoms with E-state index in [2.05, 4.69) is 4.90 Å². The Balaban J connectivity index is 1.33. The second-order valence-corrected chi connectivity index (χ2v) is 9.85. The van der Waals surface area contributed by atoms with Crippen LogP contribution in [-0.2, 0) is 16.4 Å². The highest BCUT2D eigenvalue weighted by atomic mass is 35.5. The molecule has 1 atom stereocenters. The van der Waals surface area contributed by atoms with Gasteiger partial charge in [0.1, 0.15) is 18.5 Å². The summed E-state index contributed by atoms with van der Waals surface area (Å²) in [7, 11) is -3.88. The van der Waals surface area contributed by atoms with Gasteiger partial charge in [-0.05, 0) is 74.2 Å². The molecule has 0 aromatic heterocycles. The summed E-state index contributed by atoms with van der Waals surface area (Å²) in [6.07, 6.45) is 2.18. The Morgan fingerprint density at radius 2 is 1.90 bits per heavy atom. The van der Waals surface area contributed by atoms with Crippen molar-refractivity contribution in [3.05, 3.63) is 52.8 Å². The highest BCUT2D eigenvalue weighted by molar-refractivity contribution is 7.89. The predicted molar refractivity (Wildman–Crippen MR) is 112 cm³/mol. The normalized spacial score (nSPS) is 20.3. The molecular formula is C21H24ClFN2O4S. The topological polar surface area (TPSA) is 81.9 Å². The molecular weight excluding hydrogens is 431 g/mol. The summed E-state index contributed by atoms with van der Waals surface area (Å²) < 4.78 is 49.1. The Morgan fingerprint density at radius 3 is 2.63 bits per heavy atom. The highest BCUT2D eigenvalue weighted by Gasteiger charge is 2.27. The van der Waals surface area contributed by atoms with Crippen LogP contribution in [0.5, 0.6) is 11.5 Å². The molecule has 4 rings (SSSR count). The standard InChI is InChI=1S/C21H24ClFN2O4S/c22-16-1-3-19-20(11-16)29-18(13-28-19)12-25-7-5-14(6-8-25)9-15-10-17(23)2-4-21(15)30(24,26)27/h1-4,10-11,14,18H,5-9,12-13H2,(H2,24,26,27). The van der Waals surface area contributed by atoms with Crippen LogP contribution in [-0.4, -0.2) is 45.7 Å². The Labute approximate surface area is 180 Å². The Bertz CT molecular complexity index is 1030. The fraction of sp³-hybridized carbons (Fsp3) is 0.429. The first-order valence-corrected chi connectivity index (χ1v) is 11.8. The third-order valence-corrected chi connectivity index (χ3v) is 6.88. The van der Waals surface area contributed by atoms with E-state index in [1.54, 1.807) is 12.1 Å². The molecule has 0 saturated carbocycles. The van der Waals surface area contributed by atoms with Gasteiger partial charge in [-0.1, -0.05) is 11.6 Å². The van der Waals surface area contributed by atoms with Gasteiger partial charge in [0.15, 0.2) is 11.5 Å². The minimum absolute atomic E-state index is 0.0106. The molecule has 0 aliphatic carbocycles. The maximum Gasteiger partial charge on any atom is 0.238 e. The maximum absolute atomic E-state index is 13.7. The van der Waals surface area contributed by atoms with E-state index >= 15 is 0 Å². The fourth-order valence-electron chi connectivity index (χ4n) is 4.14. The minimum Gasteiger partial charge on any atom is -0.486 e. The van der Waals surface area contributed by atoms with Crippen molar-refractivity contribution in [2.45, 2.75) is 30.3 Å². The molecule has 2 aromatic carbocycles. The van der Waals surface area contributed by atoms with E-state index in [9.17, 15) is 12.8 Å². The van der Waals surface area contributed by atoms with Crippen molar-refractivity contribution in [1.82, 2.24) is 4.90 Å². The Morgan fingerprint density at radius 1 is 1.13 bits per heavy atom. The average molecular weight is 455 g/mol. The van der Waals surface area contributed by atoms with Gasteiger partial charge in [-0.2, -0.15) is 0 Å². The van der Waals surface area contributed by atoms with Crippen molar-refractivity contribution in [2.75, 3.05) is 26.2 Å². The van der Waals surface area contributed by atoms with E-state index < -0.39 is 15.8 Å². The van der Waals surface area contributed by atoms with E-state index in [0.29, 0.717) is 35.1 Å². The summed E-state index contributed by atoms with van der Waals surface area (Å²) in [5.41, 5.74) is 0.452. The van der Waals surface area contributed by atoms with Crippen LogP contribution < -0.4 is 14.6 Å². The number of fused-ring (bicyclic) bond motifs is 1. The lowest BCUT2D eigenvalue weighted by Gasteiger charge is -2.35. The smallest absolute Gasteiger partial charge is 0.238 e. The average Bonchev–Trinajstić information content (AvgIpc) is 2.68. The fourth-order valence-corrected chi connectivity index (χ4v) is 5.06. The maximum atomic E-state index is 13.7. The molecule has 1 unspecified atom stereocenters. The molecule has 2 aliphatic heterocycles. The van der Waals surface area contributed by atoms with Crippen LogP contribution in [0.1, 0.15) is 18.4 Å². The number of ether oxygens (including phenoxy) is 2. The zero-order valence-electron chi connectivity index (χ0n) is 16.4. The Kier molecular flexibility index (Phi) is 6.20. The lowest BCUT2D eigenvalue weighted by Crippen LogP contribution is -2.44. The summed E-state index contributed by atoms with van der Waals surface area (Å²) in [4.78, 5) is 2.32. The van der Waals surface area contributed by atoms with Gasteiger partial charge in [-0.25, -0.2) is 17.9 Å². The number of primary sulfonamides is 1. The lowest BCUT2D eigenvalue weighted by atomic mass is 9.90. The van der Waals surface area contributed by atoms with Crippen LogP contribution in [0.3, 0.4) is 0 Å². The van der Waals surface area contributed by atoms with E-state index in [1.807, 2.05) is 6.07 Å². The number of halogens is 2. The molecule has 30 heavy (non-hydrogen) atoms. The van der Waals surface area contributed by atoms with E-state index in [1.165, 1.54) is 12.1 Å². The number of hydrogen-bond acceptors (Lipinski definition) is 5. The summed E-state index contributed by atoms with van der Waals surface area (Å²) in [5, 5.41) is 5.90. The largest absolute Gasteiger partial charge is 0.486 e. The number of nitrogens with zero attached hydrogens (tertiary/aromatic N) is 1. The second kappa shape index (κ2) is 8.70. The van der Waals surface area contributed by atoms with Crippen molar-refractivity contribution in [2.24, 2.45) is 11.1 Å². The van der Waals surface area contributed by atoms with Gasteiger partial charge in [-0.3, -0.25) is 4.90 Å². The molecule has 2 aromatic rings. The first-order valence-electron chi connectivity index (χ1n) is 9.90. The van der Waals surface area contributed by atoms with Gasteiger partial charge < -0.3 is 9.47 Å². The van der Waals surface area contributed by atoms with Crippen molar-refractivity contribution in [1.29, 1.82) is 0 Å². The van der Waals surface area contributed by atoms with Gasteiger partial charge in [0.05, 0.1) is 4.90 Å². The number of benzene rings is 2. The molecule has 0 amide bonds. The van der Waals surface area contributed by atoms with Crippen LogP contribution in [0.15, 0.2) is 41.3 Å². The van der Waals surface area contributed by atoms with Gasteiger partial charge in [-0.15, -0.1) is 0 Å². The number of likely N-dealkylation sites (tertiary alicyclic amines) is 1. The molecule has 1 fully saturated rings. The lowest BCUT2D eigenvalue weighted by molar-refractivity contribution is 0.0477. The van der Waals surface area contributed by atoms with E-state index in [0.717, 1.165) is 38.5 Å². The van der Waals surface area contributed by atoms with Crippen molar-refractivity contribution in [3.8, 4) is 11.5 Å². The van der Waals surface area contributed by atoms with Crippen molar-refractivity contribution >= 4 is 21.6 Å². The van der Waals surface area contributed by atoms with E-state index in [-0.39, 0.29) is 16.9 Å². The van der Waals surface area contributed by atoms with Crippen LogP contribution in [0.4, 0.5) is 4.39 Å². The minimum atomic E-state index is -3.88. The predicted octanol–water partition coefficient (Wildman–Crippen LogP) is 3.22. The second-order valence-electron chi connectivity index (χ2n) is 7.89. The third kappa shape index (κ3) is 5.06. The Hall–Kier alpha value is -1.87. The van der Waals surface area contributed by atoms with Gasteiger partial charge in [0.25, 0.3) is 0 Å². The molecule has 6 nitrogen and oxygen atoms in total. The summed E-state index contributed by atoms with van der Waals surface area (Å²) in [5.74, 6) is 1.18. The summed E-state index contributed by atoms with van der Waals surface area (Å²) in [6.45, 7) is 2.93. The molecule has 9 heteroatoms. The zero-order valence-corrected chi connectivity index (χ0v) is 18.0. The molecule has 2 heterocycles. The van der Waals surface area contributed by atoms with Crippen LogP contribution >= 0.6 is 11.6 Å². The number of sulfonamides is 1. The molecule has 162 valence electrons. The van der Waals surface area contributed by atoms with Crippen LogP contribution in [0.2, 0.25) is 5.02 Å². The molecule has 0 radical (unpaired) electrons. The van der Waals surface area contributed by atoms with Gasteiger partial charge >= 0.3 is 0 Å². The monoisotopic (exact) mass is 454 g/mol. The van der Waals surface area contributed by atoms with Crippen LogP contribution in [0.25, 0.3) is 0 Å². The van der Waals surface area contributed by atoms with Gasteiger partial charge in [0.2, 0.25) is 10.0 Å². The van der Waals surface area contributed by atoms with E-state index in [4.69, 9.17) is 26.2 Å². The SMILES string of the molecule is NS(=O)(=O)c1ccc(F)cc1CC1CCN(CC2COc3ccc(Cl)cc3O2)CC1. The first kappa shape index (κ1) is 21.4.